The van der Waals surface area contributed by atoms with Gasteiger partial charge in [-0.3, -0.25) is 9.59 Å². The summed E-state index contributed by atoms with van der Waals surface area (Å²) in [6.07, 6.45) is 15.8. The summed E-state index contributed by atoms with van der Waals surface area (Å²) in [6, 6.07) is 0. The van der Waals surface area contributed by atoms with Crippen LogP contribution in [0.4, 0.5) is 0 Å². The third kappa shape index (κ3) is 7.91. The fourth-order valence-electron chi connectivity index (χ4n) is 3.20. The summed E-state index contributed by atoms with van der Waals surface area (Å²) in [4.78, 5) is 22.5. The lowest BCUT2D eigenvalue weighted by molar-refractivity contribution is -0.137. The molecule has 24 heavy (non-hydrogen) atoms. The predicted molar refractivity (Wildman–Crippen MR) is 95.8 cm³/mol. The molecule has 0 aliphatic heterocycles. The molecule has 1 fully saturated rings. The SMILES string of the molecule is CCCCCCC=C[C@H]1C(=O)C[C@H](O)[C@@H]1CC=CCCCC(=O)O. The Balaban J connectivity index is 2.38. The van der Waals surface area contributed by atoms with Gasteiger partial charge in [-0.2, -0.15) is 0 Å². The van der Waals surface area contributed by atoms with Crippen LogP contribution >= 0.6 is 0 Å². The van der Waals surface area contributed by atoms with Crippen molar-refractivity contribution >= 4 is 11.8 Å². The monoisotopic (exact) mass is 336 g/mol. The molecule has 1 aliphatic carbocycles. The van der Waals surface area contributed by atoms with Gasteiger partial charge in [0.2, 0.25) is 0 Å². The summed E-state index contributed by atoms with van der Waals surface area (Å²) in [7, 11) is 0. The second kappa shape index (κ2) is 12.0. The summed E-state index contributed by atoms with van der Waals surface area (Å²) >= 11 is 0. The van der Waals surface area contributed by atoms with Gasteiger partial charge in [-0.05, 0) is 32.1 Å². The van der Waals surface area contributed by atoms with E-state index in [9.17, 15) is 14.7 Å². The zero-order chi connectivity index (χ0) is 17.8. The van der Waals surface area contributed by atoms with Crippen LogP contribution in [0.15, 0.2) is 24.3 Å². The van der Waals surface area contributed by atoms with Crippen molar-refractivity contribution in [2.45, 2.75) is 77.2 Å². The molecule has 0 bridgehead atoms. The van der Waals surface area contributed by atoms with E-state index in [4.69, 9.17) is 5.11 Å². The number of unbranched alkanes of at least 4 members (excludes halogenated alkanes) is 5. The lowest BCUT2D eigenvalue weighted by Gasteiger charge is -2.16. The highest BCUT2D eigenvalue weighted by Gasteiger charge is 2.38. The van der Waals surface area contributed by atoms with Gasteiger partial charge >= 0.3 is 5.97 Å². The molecule has 0 radical (unpaired) electrons. The first-order valence-electron chi connectivity index (χ1n) is 9.30. The van der Waals surface area contributed by atoms with Crippen molar-refractivity contribution in [1.82, 2.24) is 0 Å². The van der Waals surface area contributed by atoms with Crippen LogP contribution < -0.4 is 0 Å². The molecule has 0 aromatic rings. The van der Waals surface area contributed by atoms with Gasteiger partial charge in [0.05, 0.1) is 6.10 Å². The lowest BCUT2D eigenvalue weighted by atomic mass is 9.90. The van der Waals surface area contributed by atoms with Crippen LogP contribution in [0.5, 0.6) is 0 Å². The van der Waals surface area contributed by atoms with E-state index in [1.807, 2.05) is 18.2 Å². The normalized spacial score (nSPS) is 24.4. The minimum absolute atomic E-state index is 0.0416. The number of hydrogen-bond acceptors (Lipinski definition) is 3. The summed E-state index contributed by atoms with van der Waals surface area (Å²) in [5.74, 6) is -0.851. The molecule has 0 amide bonds. The van der Waals surface area contributed by atoms with E-state index in [0.29, 0.717) is 12.8 Å². The second-order valence-corrected chi connectivity index (χ2v) is 6.70. The van der Waals surface area contributed by atoms with Gasteiger partial charge in [0, 0.05) is 24.7 Å². The van der Waals surface area contributed by atoms with E-state index in [1.54, 1.807) is 0 Å². The minimum Gasteiger partial charge on any atom is -0.481 e. The molecule has 1 saturated carbocycles. The smallest absolute Gasteiger partial charge is 0.303 e. The van der Waals surface area contributed by atoms with Crippen molar-refractivity contribution in [3.63, 3.8) is 0 Å². The predicted octanol–water partition coefficient (Wildman–Crippen LogP) is 4.28. The Morgan fingerprint density at radius 3 is 2.58 bits per heavy atom. The highest BCUT2D eigenvalue weighted by Crippen LogP contribution is 2.33. The fraction of sp³-hybridized carbons (Fsp3) is 0.700. The molecule has 0 aromatic heterocycles. The second-order valence-electron chi connectivity index (χ2n) is 6.70. The molecule has 0 spiro atoms. The average Bonchev–Trinajstić information content (AvgIpc) is 2.80. The van der Waals surface area contributed by atoms with Crippen LogP contribution in [0.2, 0.25) is 0 Å². The molecule has 2 N–H and O–H groups in total. The lowest BCUT2D eigenvalue weighted by Crippen LogP contribution is -2.18. The number of rotatable bonds is 12. The summed E-state index contributed by atoms with van der Waals surface area (Å²) in [5.41, 5.74) is 0. The minimum atomic E-state index is -0.774. The van der Waals surface area contributed by atoms with Crippen LogP contribution in [0.3, 0.4) is 0 Å². The molecule has 3 atom stereocenters. The van der Waals surface area contributed by atoms with Crippen molar-refractivity contribution in [2.24, 2.45) is 11.8 Å². The Morgan fingerprint density at radius 2 is 1.88 bits per heavy atom. The van der Waals surface area contributed by atoms with Gasteiger partial charge in [-0.15, -0.1) is 0 Å². The first kappa shape index (κ1) is 20.6. The molecular formula is C20H32O4. The molecule has 0 heterocycles. The van der Waals surface area contributed by atoms with E-state index in [2.05, 4.69) is 13.0 Å². The van der Waals surface area contributed by atoms with Gasteiger partial charge < -0.3 is 10.2 Å². The number of hydrogen-bond donors (Lipinski definition) is 2. The molecule has 4 heteroatoms. The molecule has 136 valence electrons. The van der Waals surface area contributed by atoms with Crippen LogP contribution in [0.1, 0.15) is 71.1 Å². The Hall–Kier alpha value is -1.42. The van der Waals surface area contributed by atoms with Crippen LogP contribution in [0, 0.1) is 11.8 Å². The third-order valence-corrected chi connectivity index (χ3v) is 4.64. The number of allylic oxidation sites excluding steroid dienone is 4. The maximum absolute atomic E-state index is 12.1. The van der Waals surface area contributed by atoms with E-state index in [1.165, 1.54) is 19.3 Å². The Morgan fingerprint density at radius 1 is 1.12 bits per heavy atom. The van der Waals surface area contributed by atoms with Gasteiger partial charge in [0.15, 0.2) is 0 Å². The summed E-state index contributed by atoms with van der Waals surface area (Å²) in [6.45, 7) is 2.19. The van der Waals surface area contributed by atoms with Gasteiger partial charge in [-0.25, -0.2) is 0 Å². The number of aliphatic carboxylic acids is 1. The molecule has 4 nitrogen and oxygen atoms in total. The zero-order valence-corrected chi connectivity index (χ0v) is 14.8. The number of carbonyl (C=O) groups is 2. The Labute approximate surface area is 145 Å². The van der Waals surface area contributed by atoms with Gasteiger partial charge in [0.1, 0.15) is 5.78 Å². The van der Waals surface area contributed by atoms with Crippen molar-refractivity contribution in [1.29, 1.82) is 0 Å². The quantitative estimate of drug-likeness (QED) is 0.412. The standard InChI is InChI=1S/C20H32O4/c1-2-3-4-5-6-9-12-16-17(19(22)15-18(16)21)13-10-7-8-11-14-20(23)24/h7,9-10,12,16-17,19,22H,2-6,8,11,13-15H2,1H3,(H,23,24)/t16-,17-,19+/m1/s1. The summed E-state index contributed by atoms with van der Waals surface area (Å²) in [5, 5.41) is 18.7. The van der Waals surface area contributed by atoms with Gasteiger partial charge in [-0.1, -0.05) is 50.5 Å². The Kier molecular flexibility index (Phi) is 10.3. The number of ketones is 1. The third-order valence-electron chi connectivity index (χ3n) is 4.64. The van der Waals surface area contributed by atoms with Crippen LogP contribution in [-0.2, 0) is 9.59 Å². The topological polar surface area (TPSA) is 74.6 Å². The van der Waals surface area contributed by atoms with Gasteiger partial charge in [0.25, 0.3) is 0 Å². The van der Waals surface area contributed by atoms with Crippen LogP contribution in [-0.4, -0.2) is 28.1 Å². The maximum Gasteiger partial charge on any atom is 0.303 e. The van der Waals surface area contributed by atoms with E-state index in [-0.39, 0.29) is 30.5 Å². The highest BCUT2D eigenvalue weighted by molar-refractivity contribution is 5.86. The number of carboxylic acid groups (broad SMARTS) is 1. The number of carbonyl (C=O) groups excluding carboxylic acids is 1. The van der Waals surface area contributed by atoms with Crippen molar-refractivity contribution in [3.05, 3.63) is 24.3 Å². The number of carboxylic acids is 1. The molecule has 0 saturated heterocycles. The largest absolute Gasteiger partial charge is 0.481 e. The first-order chi connectivity index (χ1) is 11.6. The average molecular weight is 336 g/mol. The highest BCUT2D eigenvalue weighted by atomic mass is 16.4. The molecule has 0 aromatic carbocycles. The van der Waals surface area contributed by atoms with Crippen molar-refractivity contribution in [2.75, 3.05) is 0 Å². The summed E-state index contributed by atoms with van der Waals surface area (Å²) < 4.78 is 0. The van der Waals surface area contributed by atoms with E-state index >= 15 is 0 Å². The van der Waals surface area contributed by atoms with E-state index < -0.39 is 12.1 Å². The zero-order valence-electron chi connectivity index (χ0n) is 14.8. The van der Waals surface area contributed by atoms with Crippen LogP contribution in [0.25, 0.3) is 0 Å². The maximum atomic E-state index is 12.1. The molecule has 1 rings (SSSR count). The van der Waals surface area contributed by atoms with Crippen molar-refractivity contribution in [3.8, 4) is 0 Å². The molecular weight excluding hydrogens is 304 g/mol. The number of aliphatic hydroxyl groups is 1. The number of aliphatic hydroxyl groups excluding tert-OH is 1. The Bertz CT molecular complexity index is 439. The fourth-order valence-corrected chi connectivity index (χ4v) is 3.20. The number of Topliss-reactive ketones (excluding diaryl/α,β-unsaturated/α-hetero) is 1. The van der Waals surface area contributed by atoms with E-state index in [0.717, 1.165) is 19.3 Å². The molecule has 1 aliphatic rings. The molecule has 0 unspecified atom stereocenters. The van der Waals surface area contributed by atoms with Crippen molar-refractivity contribution < 1.29 is 19.8 Å². The first-order valence-corrected chi connectivity index (χ1v) is 9.30.